The summed E-state index contributed by atoms with van der Waals surface area (Å²) >= 11 is 0. The maximum atomic E-state index is 11.9. The molecule has 2 rings (SSSR count). The second-order valence-electron chi connectivity index (χ2n) is 4.88. The van der Waals surface area contributed by atoms with Crippen LogP contribution in [-0.4, -0.2) is 49.6 Å². The monoisotopic (exact) mass is 315 g/mol. The van der Waals surface area contributed by atoms with Crippen molar-refractivity contribution in [1.29, 1.82) is 5.26 Å². The molecule has 7 heteroatoms. The number of morpholine rings is 1. The number of hydrogen-bond donors (Lipinski definition) is 1. The van der Waals surface area contributed by atoms with Crippen LogP contribution in [0.3, 0.4) is 0 Å². The minimum atomic E-state index is -0.774. The lowest BCUT2D eigenvalue weighted by Gasteiger charge is -2.26. The lowest BCUT2D eigenvalue weighted by Crippen LogP contribution is -2.42. The predicted molar refractivity (Wildman–Crippen MR) is 82.1 cm³/mol. The fourth-order valence-electron chi connectivity index (χ4n) is 2.03. The van der Waals surface area contributed by atoms with E-state index in [4.69, 9.17) is 20.5 Å². The Morgan fingerprint density at radius 1 is 1.30 bits per heavy atom. The minimum Gasteiger partial charge on any atom is -0.484 e. The van der Waals surface area contributed by atoms with Crippen molar-refractivity contribution in [2.75, 3.05) is 32.9 Å². The number of amides is 2. The van der Waals surface area contributed by atoms with Crippen LogP contribution in [0.4, 0.5) is 0 Å². The van der Waals surface area contributed by atoms with Gasteiger partial charge in [0, 0.05) is 13.1 Å². The Morgan fingerprint density at radius 2 is 1.96 bits per heavy atom. The summed E-state index contributed by atoms with van der Waals surface area (Å²) in [4.78, 5) is 24.6. The molecule has 1 aromatic carbocycles. The number of nitrogens with two attached hydrogens (primary N) is 1. The molecule has 1 saturated heterocycles. The molecule has 0 aromatic heterocycles. The summed E-state index contributed by atoms with van der Waals surface area (Å²) in [5, 5.41) is 8.79. The van der Waals surface area contributed by atoms with Crippen LogP contribution in [-0.2, 0) is 14.3 Å². The van der Waals surface area contributed by atoms with Crippen LogP contribution < -0.4 is 10.5 Å². The van der Waals surface area contributed by atoms with Crippen molar-refractivity contribution < 1.29 is 19.1 Å². The summed E-state index contributed by atoms with van der Waals surface area (Å²) in [6.07, 6.45) is 1.39. The van der Waals surface area contributed by atoms with Gasteiger partial charge in [-0.15, -0.1) is 0 Å². The first-order chi connectivity index (χ1) is 11.1. The topological polar surface area (TPSA) is 106 Å². The Bertz CT molecular complexity index is 640. The number of ether oxygens (including phenoxy) is 2. The normalized spacial score (nSPS) is 14.9. The smallest absolute Gasteiger partial charge is 0.260 e. The highest BCUT2D eigenvalue weighted by molar-refractivity contribution is 6.00. The van der Waals surface area contributed by atoms with Crippen molar-refractivity contribution >= 4 is 17.9 Å². The van der Waals surface area contributed by atoms with E-state index in [-0.39, 0.29) is 18.1 Å². The highest BCUT2D eigenvalue weighted by Gasteiger charge is 2.17. The van der Waals surface area contributed by atoms with Crippen molar-refractivity contribution in [1.82, 2.24) is 4.90 Å². The predicted octanol–water partition coefficient (Wildman–Crippen LogP) is 0.316. The average molecular weight is 315 g/mol. The first-order valence-corrected chi connectivity index (χ1v) is 7.10. The average Bonchev–Trinajstić information content (AvgIpc) is 2.59. The van der Waals surface area contributed by atoms with Gasteiger partial charge >= 0.3 is 0 Å². The maximum absolute atomic E-state index is 11.9. The summed E-state index contributed by atoms with van der Waals surface area (Å²) in [7, 11) is 0. The third-order valence-corrected chi connectivity index (χ3v) is 3.30. The van der Waals surface area contributed by atoms with Gasteiger partial charge < -0.3 is 20.1 Å². The number of carbonyl (C=O) groups excluding carboxylic acids is 2. The highest BCUT2D eigenvalue weighted by atomic mass is 16.5. The molecule has 0 spiro atoms. The Kier molecular flexibility index (Phi) is 5.72. The van der Waals surface area contributed by atoms with Gasteiger partial charge in [-0.3, -0.25) is 9.59 Å². The molecule has 2 N–H and O–H groups in total. The lowest BCUT2D eigenvalue weighted by molar-refractivity contribution is -0.137. The SMILES string of the molecule is N#C/C(=C/c1ccc(OCC(=O)N2CCOCC2)cc1)C(N)=O. The first kappa shape index (κ1) is 16.5. The van der Waals surface area contributed by atoms with E-state index in [0.29, 0.717) is 37.6 Å². The number of primary amides is 1. The van der Waals surface area contributed by atoms with E-state index in [9.17, 15) is 9.59 Å². The van der Waals surface area contributed by atoms with E-state index >= 15 is 0 Å². The molecule has 1 aliphatic heterocycles. The number of benzene rings is 1. The fourth-order valence-corrected chi connectivity index (χ4v) is 2.03. The van der Waals surface area contributed by atoms with E-state index < -0.39 is 5.91 Å². The van der Waals surface area contributed by atoms with Crippen LogP contribution in [0, 0.1) is 11.3 Å². The van der Waals surface area contributed by atoms with Crippen LogP contribution in [0.25, 0.3) is 6.08 Å². The van der Waals surface area contributed by atoms with Crippen LogP contribution in [0.2, 0.25) is 0 Å². The highest BCUT2D eigenvalue weighted by Crippen LogP contribution is 2.14. The Labute approximate surface area is 133 Å². The molecule has 0 aliphatic carbocycles. The molecular formula is C16H17N3O4. The van der Waals surface area contributed by atoms with Crippen molar-refractivity contribution in [3.05, 3.63) is 35.4 Å². The molecule has 120 valence electrons. The van der Waals surface area contributed by atoms with Gasteiger partial charge in [-0.2, -0.15) is 5.26 Å². The van der Waals surface area contributed by atoms with E-state index in [1.807, 2.05) is 0 Å². The molecule has 0 saturated carbocycles. The summed E-state index contributed by atoms with van der Waals surface area (Å²) < 4.78 is 10.6. The van der Waals surface area contributed by atoms with Crippen LogP contribution in [0.5, 0.6) is 5.75 Å². The van der Waals surface area contributed by atoms with Crippen LogP contribution in [0.1, 0.15) is 5.56 Å². The second kappa shape index (κ2) is 7.96. The number of hydrogen-bond acceptors (Lipinski definition) is 5. The molecule has 1 aliphatic rings. The first-order valence-electron chi connectivity index (χ1n) is 7.10. The molecule has 2 amide bonds. The largest absolute Gasteiger partial charge is 0.484 e. The van der Waals surface area contributed by atoms with Crippen molar-refractivity contribution in [2.45, 2.75) is 0 Å². The van der Waals surface area contributed by atoms with E-state index in [0.717, 1.165) is 0 Å². The number of nitriles is 1. The van der Waals surface area contributed by atoms with E-state index in [1.54, 1.807) is 35.2 Å². The Morgan fingerprint density at radius 3 is 2.52 bits per heavy atom. The maximum Gasteiger partial charge on any atom is 0.260 e. The van der Waals surface area contributed by atoms with Crippen molar-refractivity contribution in [3.63, 3.8) is 0 Å². The third kappa shape index (κ3) is 4.83. The zero-order valence-electron chi connectivity index (χ0n) is 12.5. The Hall–Kier alpha value is -2.85. The molecule has 0 radical (unpaired) electrons. The number of nitrogens with zero attached hydrogens (tertiary/aromatic N) is 2. The molecule has 0 atom stereocenters. The molecular weight excluding hydrogens is 298 g/mol. The van der Waals surface area contributed by atoms with Gasteiger partial charge in [-0.25, -0.2) is 0 Å². The third-order valence-electron chi connectivity index (χ3n) is 3.30. The molecule has 0 unspecified atom stereocenters. The molecule has 1 aromatic rings. The minimum absolute atomic E-state index is 0.0417. The standard InChI is InChI=1S/C16H17N3O4/c17-10-13(16(18)21)9-12-1-3-14(4-2-12)23-11-15(20)19-5-7-22-8-6-19/h1-4,9H,5-8,11H2,(H2,18,21)/b13-9-. The van der Waals surface area contributed by atoms with Crippen LogP contribution in [0.15, 0.2) is 29.8 Å². The number of rotatable bonds is 5. The number of carbonyl (C=O) groups is 2. The van der Waals surface area contributed by atoms with Crippen molar-refractivity contribution in [3.8, 4) is 11.8 Å². The fraction of sp³-hybridized carbons (Fsp3) is 0.312. The summed E-state index contributed by atoms with van der Waals surface area (Å²) in [5.74, 6) is -0.331. The van der Waals surface area contributed by atoms with Gasteiger partial charge in [0.1, 0.15) is 17.4 Å². The van der Waals surface area contributed by atoms with Gasteiger partial charge in [-0.1, -0.05) is 12.1 Å². The van der Waals surface area contributed by atoms with Crippen LogP contribution >= 0.6 is 0 Å². The summed E-state index contributed by atoms with van der Waals surface area (Å²) in [6, 6.07) is 8.41. The second-order valence-corrected chi connectivity index (χ2v) is 4.88. The van der Waals surface area contributed by atoms with Gasteiger partial charge in [0.05, 0.1) is 13.2 Å². The quantitative estimate of drug-likeness (QED) is 0.622. The zero-order valence-corrected chi connectivity index (χ0v) is 12.5. The van der Waals surface area contributed by atoms with Gasteiger partial charge in [0.25, 0.3) is 11.8 Å². The van der Waals surface area contributed by atoms with Gasteiger partial charge in [0.2, 0.25) is 0 Å². The summed E-state index contributed by atoms with van der Waals surface area (Å²) in [6.45, 7) is 2.22. The molecule has 0 bridgehead atoms. The summed E-state index contributed by atoms with van der Waals surface area (Å²) in [5.41, 5.74) is 5.59. The van der Waals surface area contributed by atoms with E-state index in [1.165, 1.54) is 6.08 Å². The molecule has 1 fully saturated rings. The van der Waals surface area contributed by atoms with Gasteiger partial charge in [-0.05, 0) is 23.8 Å². The van der Waals surface area contributed by atoms with Crippen molar-refractivity contribution in [2.24, 2.45) is 5.73 Å². The molecule has 23 heavy (non-hydrogen) atoms. The van der Waals surface area contributed by atoms with Gasteiger partial charge in [0.15, 0.2) is 6.61 Å². The molecule has 7 nitrogen and oxygen atoms in total. The Balaban J connectivity index is 1.91. The molecule has 1 heterocycles. The lowest BCUT2D eigenvalue weighted by atomic mass is 10.1. The van der Waals surface area contributed by atoms with E-state index in [2.05, 4.69) is 0 Å². The zero-order chi connectivity index (χ0) is 16.7.